The first-order chi connectivity index (χ1) is 23.6. The molecule has 0 radical (unpaired) electrons. The van der Waals surface area contributed by atoms with E-state index in [-0.39, 0.29) is 34.0 Å². The average Bonchev–Trinajstić information content (AvgIpc) is 3.73. The highest BCUT2D eigenvalue weighted by Crippen LogP contribution is 2.74. The van der Waals surface area contributed by atoms with Gasteiger partial charge in [0.2, 0.25) is 0 Å². The van der Waals surface area contributed by atoms with E-state index in [1.807, 2.05) is 20.8 Å². The van der Waals surface area contributed by atoms with Crippen LogP contribution in [-0.2, 0) is 26.1 Å². The van der Waals surface area contributed by atoms with Crippen LogP contribution in [0.1, 0.15) is 139 Å². The number of hydrogen-bond acceptors (Lipinski definition) is 6. The van der Waals surface area contributed by atoms with Crippen LogP contribution in [0.15, 0.2) is 35.9 Å². The van der Waals surface area contributed by atoms with Gasteiger partial charge in [0.1, 0.15) is 6.04 Å². The highest BCUT2D eigenvalue weighted by Gasteiger charge is 2.73. The molecule has 3 aliphatic heterocycles. The quantitative estimate of drug-likeness (QED) is 0.222. The summed E-state index contributed by atoms with van der Waals surface area (Å²) in [5, 5.41) is 35.1. The van der Waals surface area contributed by atoms with Crippen LogP contribution in [0.25, 0.3) is 16.5 Å². The van der Waals surface area contributed by atoms with Gasteiger partial charge in [0.05, 0.1) is 34.5 Å². The predicted molar refractivity (Wildman–Crippen MR) is 194 cm³/mol. The van der Waals surface area contributed by atoms with Crippen molar-refractivity contribution in [2.75, 3.05) is 0 Å². The number of rotatable bonds is 3. The third kappa shape index (κ3) is 3.80. The van der Waals surface area contributed by atoms with Gasteiger partial charge < -0.3 is 29.4 Å². The van der Waals surface area contributed by atoms with Crippen molar-refractivity contribution in [2.45, 2.75) is 141 Å². The fourth-order valence-corrected chi connectivity index (χ4v) is 13.6. The molecule has 3 N–H and O–H groups in total. The third-order valence-electron chi connectivity index (χ3n) is 15.6. The summed E-state index contributed by atoms with van der Waals surface area (Å²) in [5.41, 5.74) is 5.65. The van der Waals surface area contributed by atoms with Crippen LogP contribution in [-0.4, -0.2) is 54.7 Å². The van der Waals surface area contributed by atoms with Crippen molar-refractivity contribution < 1.29 is 34.4 Å². The van der Waals surface area contributed by atoms with Crippen LogP contribution in [0.2, 0.25) is 0 Å². The second-order valence-corrected chi connectivity index (χ2v) is 19.1. The molecule has 7 aliphatic rings. The predicted octanol–water partition coefficient (Wildman–Crippen LogP) is 7.74. The molecule has 4 aliphatic carbocycles. The van der Waals surface area contributed by atoms with Crippen molar-refractivity contribution in [1.82, 2.24) is 4.57 Å². The van der Waals surface area contributed by atoms with E-state index in [2.05, 4.69) is 57.9 Å². The summed E-state index contributed by atoms with van der Waals surface area (Å²) in [6, 6.07) is 1.74. The molecule has 4 heterocycles. The van der Waals surface area contributed by atoms with Gasteiger partial charge in [0.15, 0.2) is 11.6 Å². The zero-order valence-corrected chi connectivity index (χ0v) is 31.6. The summed E-state index contributed by atoms with van der Waals surface area (Å²) < 4.78 is 15.3. The number of aliphatic hydroxyl groups is 2. The van der Waals surface area contributed by atoms with Gasteiger partial charge in [0, 0.05) is 45.4 Å². The summed E-state index contributed by atoms with van der Waals surface area (Å²) in [5.74, 6) is -2.13. The molecular weight excluding hydrogens is 642 g/mol. The van der Waals surface area contributed by atoms with Gasteiger partial charge in [-0.2, -0.15) is 0 Å². The van der Waals surface area contributed by atoms with Gasteiger partial charge in [-0.1, -0.05) is 32.9 Å². The molecule has 272 valence electrons. The highest BCUT2D eigenvalue weighted by molar-refractivity contribution is 6.18. The molecule has 8 nitrogen and oxygen atoms in total. The molecule has 8 heteroatoms. The lowest BCUT2D eigenvalue weighted by Gasteiger charge is -2.65. The molecule has 51 heavy (non-hydrogen) atoms. The Morgan fingerprint density at radius 2 is 1.76 bits per heavy atom. The van der Waals surface area contributed by atoms with E-state index in [9.17, 15) is 24.9 Å². The molecule has 0 amide bonds. The lowest BCUT2D eigenvalue weighted by molar-refractivity contribution is -0.294. The number of ketones is 1. The van der Waals surface area contributed by atoms with Crippen LogP contribution in [0, 0.1) is 28.6 Å². The first kappa shape index (κ1) is 33.8. The maximum atomic E-state index is 14.9. The Kier molecular flexibility index (Phi) is 6.44. The van der Waals surface area contributed by atoms with Crippen LogP contribution in [0.4, 0.5) is 0 Å². The highest BCUT2D eigenvalue weighted by atomic mass is 16.6. The van der Waals surface area contributed by atoms with Crippen molar-refractivity contribution in [3.63, 3.8) is 0 Å². The Bertz CT molecular complexity index is 2080. The van der Waals surface area contributed by atoms with Gasteiger partial charge in [-0.15, -0.1) is 0 Å². The first-order valence-electron chi connectivity index (χ1n) is 19.0. The molecule has 0 bridgehead atoms. The summed E-state index contributed by atoms with van der Waals surface area (Å²) in [6.07, 6.45) is 7.10. The maximum absolute atomic E-state index is 14.9. The van der Waals surface area contributed by atoms with Crippen molar-refractivity contribution in [2.24, 2.45) is 28.6 Å². The van der Waals surface area contributed by atoms with E-state index in [1.54, 1.807) is 13.0 Å². The van der Waals surface area contributed by atoms with Crippen molar-refractivity contribution in [3.8, 4) is 0 Å². The number of carbonyl (C=O) groups excluding carboxylic acids is 1. The lowest BCUT2D eigenvalue weighted by atomic mass is 9.40. The van der Waals surface area contributed by atoms with Crippen LogP contribution in [0.3, 0.4) is 0 Å². The minimum absolute atomic E-state index is 0.0144. The summed E-state index contributed by atoms with van der Waals surface area (Å²) in [7, 11) is 0. The zero-order valence-electron chi connectivity index (χ0n) is 31.6. The molecular formula is C43H53NO7. The minimum Gasteiger partial charge on any atom is -0.478 e. The van der Waals surface area contributed by atoms with Crippen LogP contribution in [0.5, 0.6) is 0 Å². The van der Waals surface area contributed by atoms with Gasteiger partial charge in [-0.05, 0) is 126 Å². The number of aromatic nitrogens is 1. The molecule has 1 aromatic heterocycles. The van der Waals surface area contributed by atoms with Crippen LogP contribution < -0.4 is 0 Å². The minimum atomic E-state index is -1.35. The molecule has 2 saturated carbocycles. The number of carboxylic acids is 1. The Morgan fingerprint density at radius 1 is 1.06 bits per heavy atom. The van der Waals surface area contributed by atoms with Crippen LogP contribution >= 0.6 is 0 Å². The number of carbonyl (C=O) groups is 2. The molecule has 1 saturated heterocycles. The SMILES string of the molecule is C=C(C)[C@H]1C(=O)c2c3c(cc4c5c(n1c24)[C@@]1(C)[C@@H](CC[C@@H]2[C@]1(C)CC[C@]1(O)O[C@H](C=C(C)C(=O)O)C[C@@]21C)C5)C1=CC(C)(C)OC(C)(C)[C@H]1[C@@H]3O. The Labute approximate surface area is 300 Å². The normalized spacial score (nSPS) is 42.5. The fourth-order valence-electron chi connectivity index (χ4n) is 13.6. The van der Waals surface area contributed by atoms with Gasteiger partial charge >= 0.3 is 5.97 Å². The molecule has 2 aromatic rings. The smallest absolute Gasteiger partial charge is 0.331 e. The lowest BCUT2D eigenvalue weighted by Crippen LogP contribution is -2.65. The van der Waals surface area contributed by atoms with Crippen molar-refractivity contribution in [3.05, 3.63) is 63.9 Å². The van der Waals surface area contributed by atoms with E-state index >= 15 is 0 Å². The molecule has 0 spiro atoms. The Balaban J connectivity index is 1.25. The number of aliphatic hydroxyl groups excluding tert-OH is 1. The number of nitrogens with zero attached hydrogens (tertiary/aromatic N) is 1. The van der Waals surface area contributed by atoms with Gasteiger partial charge in [-0.25, -0.2) is 4.79 Å². The second kappa shape index (κ2) is 9.73. The topological polar surface area (TPSA) is 118 Å². The number of Topliss-reactive ketones (excluding diaryl/α,β-unsaturated/α-hetero) is 1. The van der Waals surface area contributed by atoms with E-state index < -0.39 is 46.6 Å². The van der Waals surface area contributed by atoms with E-state index in [1.165, 1.54) is 11.3 Å². The van der Waals surface area contributed by atoms with E-state index in [0.29, 0.717) is 24.3 Å². The standard InChI is InChI=1S/C43H53NO7/c1-20(2)32-35(46)30-29-24(27-19-38(4,5)51-39(6,7)31(27)34(29)45)17-25-26-16-22-11-12-28-40(8,42(22,10)36(26)44(32)33(25)30)13-14-43(49)41(28,9)18-23(50-43)15-21(3)37(47)48/h15,17,19,22-23,28,31-32,34,45,49H,1,11-14,16,18H2,2-10H3,(H,47,48)/t22-,23+,28+,31+,32-,34+,40-,41-,42+,43-/m0/s1. The van der Waals surface area contributed by atoms with Gasteiger partial charge in [-0.3, -0.25) is 4.79 Å². The second-order valence-electron chi connectivity index (χ2n) is 19.1. The Hall–Kier alpha value is -3.04. The number of allylic oxidation sites excluding steroid dienone is 1. The summed E-state index contributed by atoms with van der Waals surface area (Å²) in [4.78, 5) is 26.6. The molecule has 9 rings (SSSR count). The zero-order chi connectivity index (χ0) is 36.7. The van der Waals surface area contributed by atoms with Gasteiger partial charge in [0.25, 0.3) is 0 Å². The molecule has 1 aromatic carbocycles. The van der Waals surface area contributed by atoms with E-state index in [4.69, 9.17) is 9.47 Å². The monoisotopic (exact) mass is 695 g/mol. The fraction of sp³-hybridized carbons (Fsp3) is 0.628. The van der Waals surface area contributed by atoms with E-state index in [0.717, 1.165) is 58.9 Å². The first-order valence-corrected chi connectivity index (χ1v) is 19.0. The number of hydrogen-bond donors (Lipinski definition) is 3. The van der Waals surface area contributed by atoms with Crippen molar-refractivity contribution in [1.29, 1.82) is 0 Å². The molecule has 0 unspecified atom stereocenters. The number of fused-ring (bicyclic) bond motifs is 13. The number of ether oxygens (including phenoxy) is 2. The largest absolute Gasteiger partial charge is 0.478 e. The summed E-state index contributed by atoms with van der Waals surface area (Å²) in [6.45, 7) is 23.2. The molecule has 10 atom stereocenters. The number of carboxylic acid groups (broad SMARTS) is 1. The summed E-state index contributed by atoms with van der Waals surface area (Å²) >= 11 is 0. The third-order valence-corrected chi connectivity index (χ3v) is 15.6. The van der Waals surface area contributed by atoms with Crippen molar-refractivity contribution >= 4 is 28.2 Å². The average molecular weight is 696 g/mol. The number of benzene rings is 1. The maximum Gasteiger partial charge on any atom is 0.331 e. The Morgan fingerprint density at radius 3 is 2.43 bits per heavy atom. The number of aliphatic carboxylic acids is 1. The molecule has 3 fully saturated rings.